The second-order valence-corrected chi connectivity index (χ2v) is 6.90. The quantitative estimate of drug-likeness (QED) is 0.652. The molecule has 2 aromatic carbocycles. The molecule has 0 aliphatic carbocycles. The number of benzene rings is 2. The van der Waals surface area contributed by atoms with Crippen molar-refractivity contribution >= 4 is 23.4 Å². The molecule has 0 fully saturated rings. The van der Waals surface area contributed by atoms with Crippen molar-refractivity contribution in [2.45, 2.75) is 39.3 Å². The zero-order valence-corrected chi connectivity index (χ0v) is 17.1. The lowest BCUT2D eigenvalue weighted by molar-refractivity contribution is -0.143. The first-order valence-electron chi connectivity index (χ1n) is 9.54. The van der Waals surface area contributed by atoms with Crippen molar-refractivity contribution in [1.82, 2.24) is 10.2 Å². The van der Waals surface area contributed by atoms with Crippen LogP contribution in [0.15, 0.2) is 54.6 Å². The van der Waals surface area contributed by atoms with Gasteiger partial charge >= 0.3 is 0 Å². The van der Waals surface area contributed by atoms with E-state index in [2.05, 4.69) is 5.32 Å². The van der Waals surface area contributed by atoms with Crippen molar-refractivity contribution in [3.05, 3.63) is 65.2 Å². The van der Waals surface area contributed by atoms with Crippen molar-refractivity contribution in [2.24, 2.45) is 0 Å². The minimum Gasteiger partial charge on any atom is -0.484 e. The fraction of sp³-hybridized carbons (Fsp3) is 0.364. The second-order valence-electron chi connectivity index (χ2n) is 6.47. The van der Waals surface area contributed by atoms with E-state index in [1.807, 2.05) is 44.2 Å². The summed E-state index contributed by atoms with van der Waals surface area (Å²) in [6, 6.07) is 16.0. The molecule has 0 radical (unpaired) electrons. The molecule has 2 amide bonds. The Morgan fingerprint density at radius 3 is 2.50 bits per heavy atom. The maximum absolute atomic E-state index is 13.0. The fourth-order valence-electron chi connectivity index (χ4n) is 2.85. The van der Waals surface area contributed by atoms with Crippen LogP contribution >= 0.6 is 11.6 Å². The Morgan fingerprint density at radius 1 is 1.11 bits per heavy atom. The maximum atomic E-state index is 13.0. The van der Waals surface area contributed by atoms with E-state index in [0.717, 1.165) is 12.0 Å². The van der Waals surface area contributed by atoms with Gasteiger partial charge in [-0.05, 0) is 36.6 Å². The van der Waals surface area contributed by atoms with Crippen LogP contribution in [0.5, 0.6) is 5.75 Å². The highest BCUT2D eigenvalue weighted by molar-refractivity contribution is 6.30. The van der Waals surface area contributed by atoms with E-state index < -0.39 is 6.04 Å². The molecule has 2 rings (SSSR count). The summed E-state index contributed by atoms with van der Waals surface area (Å²) in [5.41, 5.74) is 0.959. The molecule has 0 heterocycles. The summed E-state index contributed by atoms with van der Waals surface area (Å²) in [7, 11) is 0. The molecule has 0 saturated carbocycles. The third kappa shape index (κ3) is 6.57. The molecule has 5 nitrogen and oxygen atoms in total. The number of hydrogen-bond donors (Lipinski definition) is 1. The van der Waals surface area contributed by atoms with Gasteiger partial charge in [0.2, 0.25) is 5.91 Å². The molecule has 6 heteroatoms. The summed E-state index contributed by atoms with van der Waals surface area (Å²) in [6.45, 7) is 4.66. The summed E-state index contributed by atoms with van der Waals surface area (Å²) in [5, 5.41) is 3.43. The molecule has 0 aliphatic rings. The molecular weight excluding hydrogens is 376 g/mol. The highest BCUT2D eigenvalue weighted by atomic mass is 35.5. The monoisotopic (exact) mass is 402 g/mol. The summed E-state index contributed by atoms with van der Waals surface area (Å²) in [6.07, 6.45) is 1.36. The van der Waals surface area contributed by atoms with Crippen LogP contribution in [-0.4, -0.2) is 35.9 Å². The van der Waals surface area contributed by atoms with E-state index in [1.165, 1.54) is 0 Å². The van der Waals surface area contributed by atoms with Crippen LogP contribution in [0.4, 0.5) is 0 Å². The third-order valence-electron chi connectivity index (χ3n) is 4.29. The predicted octanol–water partition coefficient (Wildman–Crippen LogP) is 4.05. The number of hydrogen-bond acceptors (Lipinski definition) is 3. The minimum absolute atomic E-state index is 0.142. The zero-order chi connectivity index (χ0) is 20.4. The van der Waals surface area contributed by atoms with Gasteiger partial charge < -0.3 is 15.0 Å². The Bertz CT molecular complexity index is 767. The van der Waals surface area contributed by atoms with Gasteiger partial charge in [0.25, 0.3) is 5.91 Å². The molecule has 150 valence electrons. The number of carbonyl (C=O) groups excluding carboxylic acids is 2. The van der Waals surface area contributed by atoms with Gasteiger partial charge in [-0.25, -0.2) is 0 Å². The molecular formula is C22H27ClN2O3. The molecule has 0 saturated heterocycles. The minimum atomic E-state index is -0.554. The van der Waals surface area contributed by atoms with E-state index in [4.69, 9.17) is 16.3 Å². The van der Waals surface area contributed by atoms with Crippen LogP contribution in [0, 0.1) is 0 Å². The van der Waals surface area contributed by atoms with E-state index in [1.54, 1.807) is 29.2 Å². The molecule has 1 N–H and O–H groups in total. The van der Waals surface area contributed by atoms with Crippen LogP contribution in [0.2, 0.25) is 5.02 Å². The standard InChI is InChI=1S/C22H27ClN2O3/c1-3-13-24-22(27)20(4-2)25(15-17-9-6-5-7-10-17)21(26)16-28-19-12-8-11-18(23)14-19/h5-12,14,20H,3-4,13,15-16H2,1-2H3,(H,24,27)/t20-/m1/s1. The highest BCUT2D eigenvalue weighted by Gasteiger charge is 2.28. The Hall–Kier alpha value is -2.53. The molecule has 1 atom stereocenters. The van der Waals surface area contributed by atoms with Crippen molar-refractivity contribution in [3.63, 3.8) is 0 Å². The van der Waals surface area contributed by atoms with Crippen molar-refractivity contribution < 1.29 is 14.3 Å². The Kier molecular flexibility index (Phi) is 8.82. The molecule has 2 aromatic rings. The SMILES string of the molecule is CCCNC(=O)[C@@H](CC)N(Cc1ccccc1)C(=O)COc1cccc(Cl)c1. The smallest absolute Gasteiger partial charge is 0.261 e. The summed E-state index contributed by atoms with van der Waals surface area (Å²) in [4.78, 5) is 27.2. The predicted molar refractivity (Wildman–Crippen MR) is 111 cm³/mol. The first kappa shape index (κ1) is 21.8. The number of nitrogens with zero attached hydrogens (tertiary/aromatic N) is 1. The van der Waals surface area contributed by atoms with Crippen molar-refractivity contribution in [1.29, 1.82) is 0 Å². The van der Waals surface area contributed by atoms with Gasteiger partial charge in [-0.15, -0.1) is 0 Å². The number of carbonyl (C=O) groups is 2. The second kappa shape index (κ2) is 11.3. The van der Waals surface area contributed by atoms with Crippen LogP contribution in [0.25, 0.3) is 0 Å². The fourth-order valence-corrected chi connectivity index (χ4v) is 3.03. The third-order valence-corrected chi connectivity index (χ3v) is 4.52. The lowest BCUT2D eigenvalue weighted by atomic mass is 10.1. The van der Waals surface area contributed by atoms with Crippen LogP contribution in [0.1, 0.15) is 32.3 Å². The normalized spacial score (nSPS) is 11.5. The number of rotatable bonds is 10. The van der Waals surface area contributed by atoms with Gasteiger partial charge in [-0.1, -0.05) is 61.8 Å². The van der Waals surface area contributed by atoms with E-state index in [9.17, 15) is 9.59 Å². The Balaban J connectivity index is 2.15. The van der Waals surface area contributed by atoms with E-state index in [0.29, 0.717) is 30.3 Å². The Morgan fingerprint density at radius 2 is 1.86 bits per heavy atom. The van der Waals surface area contributed by atoms with Crippen LogP contribution in [-0.2, 0) is 16.1 Å². The molecule has 0 aromatic heterocycles. The van der Waals surface area contributed by atoms with E-state index in [-0.39, 0.29) is 18.4 Å². The first-order valence-corrected chi connectivity index (χ1v) is 9.92. The average Bonchev–Trinajstić information content (AvgIpc) is 2.71. The largest absolute Gasteiger partial charge is 0.484 e. The van der Waals surface area contributed by atoms with Crippen molar-refractivity contribution in [3.8, 4) is 5.75 Å². The van der Waals surface area contributed by atoms with Gasteiger partial charge in [0, 0.05) is 18.1 Å². The number of halogens is 1. The van der Waals surface area contributed by atoms with Gasteiger partial charge in [0.05, 0.1) is 0 Å². The Labute approximate surface area is 171 Å². The summed E-state index contributed by atoms with van der Waals surface area (Å²) < 4.78 is 5.62. The van der Waals surface area contributed by atoms with Gasteiger partial charge in [0.1, 0.15) is 11.8 Å². The molecule has 0 bridgehead atoms. The molecule has 0 unspecified atom stereocenters. The van der Waals surface area contributed by atoms with Crippen LogP contribution < -0.4 is 10.1 Å². The summed E-state index contributed by atoms with van der Waals surface area (Å²) >= 11 is 5.96. The molecule has 28 heavy (non-hydrogen) atoms. The van der Waals surface area contributed by atoms with Crippen molar-refractivity contribution in [2.75, 3.05) is 13.2 Å². The van der Waals surface area contributed by atoms with Gasteiger partial charge in [-0.2, -0.15) is 0 Å². The topological polar surface area (TPSA) is 58.6 Å². The summed E-state index contributed by atoms with van der Waals surface area (Å²) in [5.74, 6) is 0.128. The van der Waals surface area contributed by atoms with Gasteiger partial charge in [-0.3, -0.25) is 9.59 Å². The highest BCUT2D eigenvalue weighted by Crippen LogP contribution is 2.18. The van der Waals surface area contributed by atoms with E-state index >= 15 is 0 Å². The molecule has 0 spiro atoms. The molecule has 0 aliphatic heterocycles. The number of nitrogens with one attached hydrogen (secondary N) is 1. The average molecular weight is 403 g/mol. The lowest BCUT2D eigenvalue weighted by Crippen LogP contribution is -2.50. The number of ether oxygens (including phenoxy) is 1. The number of amides is 2. The lowest BCUT2D eigenvalue weighted by Gasteiger charge is -2.30. The zero-order valence-electron chi connectivity index (χ0n) is 16.4. The maximum Gasteiger partial charge on any atom is 0.261 e. The first-order chi connectivity index (χ1) is 13.5. The van der Waals surface area contributed by atoms with Gasteiger partial charge in [0.15, 0.2) is 6.61 Å². The van der Waals surface area contributed by atoms with Crippen LogP contribution in [0.3, 0.4) is 0 Å².